The molecule has 0 unspecified atom stereocenters. The van der Waals surface area contributed by atoms with E-state index in [0.717, 1.165) is 22.0 Å². The maximum atomic E-state index is 12.5. The summed E-state index contributed by atoms with van der Waals surface area (Å²) in [5.41, 5.74) is 5.02. The summed E-state index contributed by atoms with van der Waals surface area (Å²) >= 11 is 0. The molecule has 4 rings (SSSR count). The Morgan fingerprint density at radius 1 is 1.03 bits per heavy atom. The van der Waals surface area contributed by atoms with Crippen molar-refractivity contribution >= 4 is 28.4 Å². The van der Waals surface area contributed by atoms with E-state index >= 15 is 0 Å². The van der Waals surface area contributed by atoms with Gasteiger partial charge in [0.05, 0.1) is 11.7 Å². The summed E-state index contributed by atoms with van der Waals surface area (Å²) in [6, 6.07) is 16.8. The Balaban J connectivity index is 1.75. The lowest BCUT2D eigenvalue weighted by atomic mass is 10.0. The minimum Gasteiger partial charge on any atom is -0.308 e. The molecular formula is C23H20N6O. The molecular weight excluding hydrogens is 376 g/mol. The van der Waals surface area contributed by atoms with Crippen LogP contribution in [0.3, 0.4) is 0 Å². The highest BCUT2D eigenvalue weighted by molar-refractivity contribution is 6.00. The molecule has 0 atom stereocenters. The quantitative estimate of drug-likeness (QED) is 0.517. The van der Waals surface area contributed by atoms with Crippen LogP contribution in [0.5, 0.6) is 0 Å². The van der Waals surface area contributed by atoms with Crippen molar-refractivity contribution in [3.63, 3.8) is 0 Å². The molecule has 0 saturated carbocycles. The fraction of sp³-hybridized carbons (Fsp3) is 0.130. The summed E-state index contributed by atoms with van der Waals surface area (Å²) in [7, 11) is 0. The SMILES string of the molecule is Cc1cc(C)c2nc(-n3ncc(C#N)c3NC(=O)Nc3ccccc3)cc(C)c2c1. The van der Waals surface area contributed by atoms with Crippen LogP contribution < -0.4 is 10.6 Å². The van der Waals surface area contributed by atoms with Gasteiger partial charge in [-0.25, -0.2) is 9.78 Å². The van der Waals surface area contributed by atoms with Crippen LogP contribution >= 0.6 is 0 Å². The zero-order chi connectivity index (χ0) is 21.3. The minimum atomic E-state index is -0.469. The number of benzene rings is 2. The molecule has 30 heavy (non-hydrogen) atoms. The van der Waals surface area contributed by atoms with Crippen molar-refractivity contribution in [2.45, 2.75) is 20.8 Å². The summed E-state index contributed by atoms with van der Waals surface area (Å²) < 4.78 is 1.48. The fourth-order valence-corrected chi connectivity index (χ4v) is 3.45. The molecule has 2 aromatic carbocycles. The standard InChI is InChI=1S/C23H20N6O/c1-14-9-16(3)21-19(10-14)15(2)11-20(27-21)29-22(17(12-24)13-25-29)28-23(30)26-18-7-5-4-6-8-18/h4-11,13H,1-3H3,(H2,26,28,30). The number of hydrogen-bond donors (Lipinski definition) is 2. The van der Waals surface area contributed by atoms with E-state index in [1.165, 1.54) is 16.4 Å². The van der Waals surface area contributed by atoms with Gasteiger partial charge in [-0.15, -0.1) is 0 Å². The molecule has 148 valence electrons. The van der Waals surface area contributed by atoms with Crippen molar-refractivity contribution in [1.29, 1.82) is 5.26 Å². The Morgan fingerprint density at radius 3 is 2.53 bits per heavy atom. The number of amides is 2. The van der Waals surface area contributed by atoms with E-state index in [1.54, 1.807) is 12.1 Å². The van der Waals surface area contributed by atoms with Crippen LogP contribution in [0.25, 0.3) is 16.7 Å². The first-order chi connectivity index (χ1) is 14.5. The summed E-state index contributed by atoms with van der Waals surface area (Å²) in [6.07, 6.45) is 1.42. The summed E-state index contributed by atoms with van der Waals surface area (Å²) in [5.74, 6) is 0.797. The molecule has 2 heterocycles. The zero-order valence-corrected chi connectivity index (χ0v) is 16.9. The number of nitrogens with zero attached hydrogens (tertiary/aromatic N) is 4. The molecule has 0 fully saturated rings. The smallest absolute Gasteiger partial charge is 0.308 e. The van der Waals surface area contributed by atoms with Crippen LogP contribution in [0.2, 0.25) is 0 Å². The van der Waals surface area contributed by atoms with Crippen molar-refractivity contribution in [3.8, 4) is 11.9 Å². The molecule has 0 aliphatic rings. The Kier molecular flexibility index (Phi) is 4.90. The molecule has 7 nitrogen and oxygen atoms in total. The Bertz CT molecular complexity index is 1300. The predicted molar refractivity (Wildman–Crippen MR) is 117 cm³/mol. The van der Waals surface area contributed by atoms with E-state index in [2.05, 4.69) is 40.9 Å². The van der Waals surface area contributed by atoms with E-state index < -0.39 is 6.03 Å². The second kappa shape index (κ2) is 7.68. The number of hydrogen-bond acceptors (Lipinski definition) is 4. The summed E-state index contributed by atoms with van der Waals surface area (Å²) in [4.78, 5) is 17.3. The maximum Gasteiger partial charge on any atom is 0.324 e. The molecule has 7 heteroatoms. The number of anilines is 2. The molecule has 0 saturated heterocycles. The third kappa shape index (κ3) is 3.59. The van der Waals surface area contributed by atoms with Gasteiger partial charge in [-0.2, -0.15) is 15.0 Å². The highest BCUT2D eigenvalue weighted by Crippen LogP contribution is 2.26. The predicted octanol–water partition coefficient (Wildman–Crippen LogP) is 4.86. The Morgan fingerprint density at radius 2 is 1.80 bits per heavy atom. The van der Waals surface area contributed by atoms with Gasteiger partial charge >= 0.3 is 6.03 Å². The maximum absolute atomic E-state index is 12.5. The number of urea groups is 1. The van der Waals surface area contributed by atoms with Gasteiger partial charge in [-0.3, -0.25) is 5.32 Å². The van der Waals surface area contributed by atoms with Gasteiger partial charge in [0.1, 0.15) is 11.6 Å². The number of nitrogens with one attached hydrogen (secondary N) is 2. The minimum absolute atomic E-state index is 0.249. The number of carbonyl (C=O) groups is 1. The molecule has 2 N–H and O–H groups in total. The number of carbonyl (C=O) groups excluding carboxylic acids is 1. The topological polar surface area (TPSA) is 95.6 Å². The summed E-state index contributed by atoms with van der Waals surface area (Å²) in [6.45, 7) is 6.08. The fourth-order valence-electron chi connectivity index (χ4n) is 3.45. The molecule has 0 aliphatic carbocycles. The van der Waals surface area contributed by atoms with Crippen molar-refractivity contribution in [2.75, 3.05) is 10.6 Å². The lowest BCUT2D eigenvalue weighted by Gasteiger charge is -2.13. The Labute approximate surface area is 174 Å². The molecule has 0 radical (unpaired) electrons. The number of para-hydroxylation sites is 1. The molecule has 0 spiro atoms. The van der Waals surface area contributed by atoms with Gasteiger partial charge in [0.25, 0.3) is 0 Å². The van der Waals surface area contributed by atoms with Crippen LogP contribution in [0.1, 0.15) is 22.3 Å². The van der Waals surface area contributed by atoms with Crippen molar-refractivity contribution in [2.24, 2.45) is 0 Å². The molecule has 2 aromatic heterocycles. The number of pyridine rings is 1. The highest BCUT2D eigenvalue weighted by Gasteiger charge is 2.17. The first-order valence-corrected chi connectivity index (χ1v) is 9.46. The van der Waals surface area contributed by atoms with Crippen LogP contribution in [-0.4, -0.2) is 20.8 Å². The number of rotatable bonds is 3. The first kappa shape index (κ1) is 19.2. The second-order valence-corrected chi connectivity index (χ2v) is 7.15. The Hall–Kier alpha value is -4.18. The molecule has 0 bridgehead atoms. The summed E-state index contributed by atoms with van der Waals surface area (Å²) in [5, 5.41) is 20.3. The third-order valence-electron chi connectivity index (χ3n) is 4.81. The first-order valence-electron chi connectivity index (χ1n) is 9.46. The normalized spacial score (nSPS) is 10.6. The average molecular weight is 396 g/mol. The van der Waals surface area contributed by atoms with Crippen molar-refractivity contribution in [3.05, 3.63) is 77.0 Å². The van der Waals surface area contributed by atoms with Gasteiger partial charge in [0, 0.05) is 11.1 Å². The van der Waals surface area contributed by atoms with Crippen molar-refractivity contribution in [1.82, 2.24) is 14.8 Å². The lowest BCUT2D eigenvalue weighted by molar-refractivity contribution is 0.262. The zero-order valence-electron chi connectivity index (χ0n) is 16.9. The largest absolute Gasteiger partial charge is 0.324 e. The van der Waals surface area contributed by atoms with Crippen LogP contribution in [0.15, 0.2) is 54.7 Å². The molecule has 2 amide bonds. The van der Waals surface area contributed by atoms with Gasteiger partial charge in [0.2, 0.25) is 0 Å². The lowest BCUT2D eigenvalue weighted by Crippen LogP contribution is -2.22. The molecule has 4 aromatic rings. The second-order valence-electron chi connectivity index (χ2n) is 7.15. The van der Waals surface area contributed by atoms with E-state index in [0.29, 0.717) is 11.5 Å². The van der Waals surface area contributed by atoms with Crippen LogP contribution in [0, 0.1) is 32.1 Å². The van der Waals surface area contributed by atoms with E-state index in [-0.39, 0.29) is 11.4 Å². The number of nitriles is 1. The number of aromatic nitrogens is 3. The van der Waals surface area contributed by atoms with Crippen molar-refractivity contribution < 1.29 is 4.79 Å². The van der Waals surface area contributed by atoms with Gasteiger partial charge in [0.15, 0.2) is 11.6 Å². The molecule has 0 aliphatic heterocycles. The van der Waals surface area contributed by atoms with Gasteiger partial charge in [-0.1, -0.05) is 29.8 Å². The highest BCUT2D eigenvalue weighted by atomic mass is 16.2. The monoisotopic (exact) mass is 396 g/mol. The van der Waals surface area contributed by atoms with Gasteiger partial charge in [-0.05, 0) is 56.2 Å². The van der Waals surface area contributed by atoms with Gasteiger partial charge < -0.3 is 5.32 Å². The number of aryl methyl sites for hydroxylation is 3. The average Bonchev–Trinajstić information content (AvgIpc) is 3.11. The van der Waals surface area contributed by atoms with E-state index in [4.69, 9.17) is 4.98 Å². The van der Waals surface area contributed by atoms with Crippen LogP contribution in [0.4, 0.5) is 16.3 Å². The van der Waals surface area contributed by atoms with Crippen LogP contribution in [-0.2, 0) is 0 Å². The third-order valence-corrected chi connectivity index (χ3v) is 4.81. The number of fused-ring (bicyclic) bond motifs is 1. The van der Waals surface area contributed by atoms with E-state index in [1.807, 2.05) is 38.1 Å². The van der Waals surface area contributed by atoms with E-state index in [9.17, 15) is 10.1 Å².